The molecule has 0 spiro atoms. The Labute approximate surface area is 162 Å². The average Bonchev–Trinajstić information content (AvgIpc) is 2.93. The van der Waals surface area contributed by atoms with Gasteiger partial charge >= 0.3 is 0 Å². The molecular formula is C19H19N3O5S. The van der Waals surface area contributed by atoms with E-state index in [0.29, 0.717) is 18.8 Å². The summed E-state index contributed by atoms with van der Waals surface area (Å²) < 4.78 is 27.9. The maximum Gasteiger partial charge on any atom is 0.261 e. The van der Waals surface area contributed by atoms with Gasteiger partial charge in [0, 0.05) is 25.7 Å². The monoisotopic (exact) mass is 401 g/mol. The fourth-order valence-electron chi connectivity index (χ4n) is 2.93. The van der Waals surface area contributed by atoms with Crippen LogP contribution in [-0.2, 0) is 21.4 Å². The Morgan fingerprint density at radius 3 is 2.46 bits per heavy atom. The summed E-state index contributed by atoms with van der Waals surface area (Å²) in [6.07, 6.45) is 0. The molecule has 0 aliphatic carbocycles. The van der Waals surface area contributed by atoms with Gasteiger partial charge in [-0.1, -0.05) is 12.1 Å². The molecule has 2 aromatic carbocycles. The number of benzene rings is 2. The minimum absolute atomic E-state index is 0.0293. The van der Waals surface area contributed by atoms with Crippen LogP contribution in [0.3, 0.4) is 0 Å². The van der Waals surface area contributed by atoms with Crippen molar-refractivity contribution in [3.8, 4) is 0 Å². The number of hydrogen-bond acceptors (Lipinski definition) is 5. The number of carbonyl (C=O) groups excluding carboxylic acids is 3. The third kappa shape index (κ3) is 3.89. The van der Waals surface area contributed by atoms with Crippen molar-refractivity contribution in [2.75, 3.05) is 11.3 Å². The summed E-state index contributed by atoms with van der Waals surface area (Å²) >= 11 is 0. The molecule has 2 N–H and O–H groups in total. The van der Waals surface area contributed by atoms with Crippen LogP contribution in [0.25, 0.3) is 0 Å². The molecule has 8 nitrogen and oxygen atoms in total. The molecule has 0 aromatic heterocycles. The molecule has 9 heteroatoms. The molecule has 1 aliphatic rings. The zero-order valence-electron chi connectivity index (χ0n) is 15.4. The number of rotatable bonds is 6. The quantitative estimate of drug-likeness (QED) is 0.716. The van der Waals surface area contributed by atoms with Crippen LogP contribution in [0.2, 0.25) is 0 Å². The number of amides is 3. The first kappa shape index (κ1) is 19.6. The number of hydrogen-bond donors (Lipinski definition) is 2. The molecule has 0 radical (unpaired) electrons. The van der Waals surface area contributed by atoms with Gasteiger partial charge in [-0.2, -0.15) is 0 Å². The van der Waals surface area contributed by atoms with Gasteiger partial charge in [-0.15, -0.1) is 0 Å². The van der Waals surface area contributed by atoms with Crippen LogP contribution < -0.4 is 10.0 Å². The van der Waals surface area contributed by atoms with E-state index in [1.54, 1.807) is 29.2 Å². The van der Waals surface area contributed by atoms with E-state index >= 15 is 0 Å². The Balaban J connectivity index is 1.85. The van der Waals surface area contributed by atoms with Crippen LogP contribution in [0.1, 0.15) is 40.1 Å². The maximum atomic E-state index is 12.7. The molecule has 3 amide bonds. The van der Waals surface area contributed by atoms with Crippen LogP contribution in [0.15, 0.2) is 47.4 Å². The molecule has 0 bridgehead atoms. The van der Waals surface area contributed by atoms with Crippen molar-refractivity contribution < 1.29 is 22.8 Å². The summed E-state index contributed by atoms with van der Waals surface area (Å²) in [5.41, 5.74) is 1.28. The molecule has 3 rings (SSSR count). The first-order chi connectivity index (χ1) is 13.2. The second-order valence-corrected chi connectivity index (χ2v) is 8.01. The molecule has 1 heterocycles. The van der Waals surface area contributed by atoms with E-state index in [2.05, 4.69) is 10.0 Å². The van der Waals surface area contributed by atoms with E-state index in [4.69, 9.17) is 0 Å². The summed E-state index contributed by atoms with van der Waals surface area (Å²) in [4.78, 5) is 36.4. The molecule has 0 atom stereocenters. The molecule has 0 fully saturated rings. The molecule has 146 valence electrons. The Morgan fingerprint density at radius 1 is 1.07 bits per heavy atom. The summed E-state index contributed by atoms with van der Waals surface area (Å²) in [6.45, 7) is 4.25. The highest BCUT2D eigenvalue weighted by atomic mass is 32.2. The van der Waals surface area contributed by atoms with Crippen molar-refractivity contribution in [3.63, 3.8) is 0 Å². The lowest BCUT2D eigenvalue weighted by atomic mass is 10.1. The Kier molecular flexibility index (Phi) is 5.19. The number of imide groups is 1. The molecular weight excluding hydrogens is 382 g/mol. The van der Waals surface area contributed by atoms with E-state index in [1.807, 2.05) is 6.92 Å². The van der Waals surface area contributed by atoms with E-state index in [-0.39, 0.29) is 21.9 Å². The number of nitrogens with one attached hydrogen (secondary N) is 2. The Bertz CT molecular complexity index is 1080. The SMILES string of the molecule is CCN(Cc1cccc(NS(=O)(=O)c2ccc3c(c2)C(=O)NC3=O)c1)C(C)=O. The summed E-state index contributed by atoms with van der Waals surface area (Å²) in [5, 5.41) is 2.13. The summed E-state index contributed by atoms with van der Waals surface area (Å²) in [7, 11) is -3.96. The van der Waals surface area contributed by atoms with Crippen molar-refractivity contribution in [3.05, 3.63) is 59.2 Å². The number of sulfonamides is 1. The van der Waals surface area contributed by atoms with Crippen LogP contribution in [0.4, 0.5) is 5.69 Å². The first-order valence-corrected chi connectivity index (χ1v) is 10.1. The van der Waals surface area contributed by atoms with Gasteiger partial charge in [-0.25, -0.2) is 8.42 Å². The number of nitrogens with zero attached hydrogens (tertiary/aromatic N) is 1. The van der Waals surface area contributed by atoms with Gasteiger partial charge in [0.1, 0.15) is 0 Å². The first-order valence-electron chi connectivity index (χ1n) is 8.58. The van der Waals surface area contributed by atoms with Crippen LogP contribution in [0, 0.1) is 0 Å². The largest absolute Gasteiger partial charge is 0.339 e. The van der Waals surface area contributed by atoms with Gasteiger partial charge in [0.25, 0.3) is 21.8 Å². The second kappa shape index (κ2) is 7.43. The fourth-order valence-corrected chi connectivity index (χ4v) is 4.00. The van der Waals surface area contributed by atoms with Crippen molar-refractivity contribution in [1.82, 2.24) is 10.2 Å². The minimum Gasteiger partial charge on any atom is -0.339 e. The fraction of sp³-hybridized carbons (Fsp3) is 0.211. The summed E-state index contributed by atoms with van der Waals surface area (Å²) in [6, 6.07) is 10.5. The van der Waals surface area contributed by atoms with Gasteiger partial charge in [0.05, 0.1) is 16.0 Å². The van der Waals surface area contributed by atoms with E-state index in [9.17, 15) is 22.8 Å². The Morgan fingerprint density at radius 2 is 1.79 bits per heavy atom. The normalized spacial score (nSPS) is 13.1. The van der Waals surface area contributed by atoms with Gasteiger partial charge in [0.2, 0.25) is 5.91 Å². The van der Waals surface area contributed by atoms with Crippen LogP contribution in [0.5, 0.6) is 0 Å². The average molecular weight is 401 g/mol. The van der Waals surface area contributed by atoms with E-state index in [0.717, 1.165) is 5.56 Å². The molecule has 28 heavy (non-hydrogen) atoms. The van der Waals surface area contributed by atoms with Crippen LogP contribution >= 0.6 is 0 Å². The topological polar surface area (TPSA) is 113 Å². The second-order valence-electron chi connectivity index (χ2n) is 6.33. The molecule has 0 saturated heterocycles. The van der Waals surface area contributed by atoms with Gasteiger partial charge in [0.15, 0.2) is 0 Å². The molecule has 2 aromatic rings. The lowest BCUT2D eigenvalue weighted by Crippen LogP contribution is -2.27. The lowest BCUT2D eigenvalue weighted by Gasteiger charge is -2.19. The predicted octanol–water partition coefficient (Wildman–Crippen LogP) is 1.74. The van der Waals surface area contributed by atoms with Crippen molar-refractivity contribution in [2.24, 2.45) is 0 Å². The van der Waals surface area contributed by atoms with Gasteiger partial charge in [-0.05, 0) is 42.8 Å². The third-order valence-electron chi connectivity index (χ3n) is 4.40. The van der Waals surface area contributed by atoms with Crippen molar-refractivity contribution in [1.29, 1.82) is 0 Å². The van der Waals surface area contributed by atoms with Gasteiger partial charge < -0.3 is 4.90 Å². The molecule has 0 saturated carbocycles. The number of anilines is 1. The zero-order chi connectivity index (χ0) is 20.5. The highest BCUT2D eigenvalue weighted by Gasteiger charge is 2.28. The van der Waals surface area contributed by atoms with E-state index < -0.39 is 21.8 Å². The number of fused-ring (bicyclic) bond motifs is 1. The highest BCUT2D eigenvalue weighted by molar-refractivity contribution is 7.92. The number of carbonyl (C=O) groups is 3. The minimum atomic E-state index is -3.96. The predicted molar refractivity (Wildman–Crippen MR) is 102 cm³/mol. The lowest BCUT2D eigenvalue weighted by molar-refractivity contribution is -0.129. The van der Waals surface area contributed by atoms with Crippen molar-refractivity contribution in [2.45, 2.75) is 25.3 Å². The van der Waals surface area contributed by atoms with Crippen LogP contribution in [-0.4, -0.2) is 37.6 Å². The van der Waals surface area contributed by atoms with E-state index in [1.165, 1.54) is 25.1 Å². The van der Waals surface area contributed by atoms with Crippen molar-refractivity contribution >= 4 is 33.4 Å². The van der Waals surface area contributed by atoms with Gasteiger partial charge in [-0.3, -0.25) is 24.4 Å². The molecule has 0 unspecified atom stereocenters. The molecule has 1 aliphatic heterocycles. The standard InChI is InChI=1S/C19H19N3O5S/c1-3-22(12(2)23)11-13-5-4-6-14(9-13)21-28(26,27)15-7-8-16-17(10-15)19(25)20-18(16)24/h4-10,21H,3,11H2,1-2H3,(H,20,24,25). The Hall–Kier alpha value is -3.20. The highest BCUT2D eigenvalue weighted by Crippen LogP contribution is 2.23. The smallest absolute Gasteiger partial charge is 0.261 e. The zero-order valence-corrected chi connectivity index (χ0v) is 16.2. The third-order valence-corrected chi connectivity index (χ3v) is 5.78. The summed E-state index contributed by atoms with van der Waals surface area (Å²) in [5.74, 6) is -1.24. The maximum absolute atomic E-state index is 12.7.